The zero-order valence-electron chi connectivity index (χ0n) is 8.62. The first kappa shape index (κ1) is 14.6. The van der Waals surface area contributed by atoms with E-state index in [1.165, 1.54) is 0 Å². The Labute approximate surface area is 106 Å². The van der Waals surface area contributed by atoms with Crippen molar-refractivity contribution in [1.82, 2.24) is 0 Å². The minimum Gasteiger partial charge on any atom is -0.282 e. The van der Waals surface area contributed by atoms with Gasteiger partial charge in [0.25, 0.3) is 0 Å². The number of anilines is 1. The summed E-state index contributed by atoms with van der Waals surface area (Å²) < 4.78 is 62.0. The fraction of sp³-hybridized carbons (Fsp3) is 0.222. The van der Waals surface area contributed by atoms with Crippen LogP contribution in [0.1, 0.15) is 11.1 Å². The summed E-state index contributed by atoms with van der Waals surface area (Å²) in [4.78, 5) is 0. The minimum absolute atomic E-state index is 0.226. The van der Waals surface area contributed by atoms with Crippen molar-refractivity contribution in [3.8, 4) is 6.07 Å². The quantitative estimate of drug-likeness (QED) is 0.872. The second-order valence-electron chi connectivity index (χ2n) is 3.20. The molecule has 0 bridgehead atoms. The summed E-state index contributed by atoms with van der Waals surface area (Å²) in [6, 6.07) is 4.04. The molecule has 4 nitrogen and oxygen atoms in total. The van der Waals surface area contributed by atoms with E-state index in [4.69, 9.17) is 16.9 Å². The van der Waals surface area contributed by atoms with Gasteiger partial charge in [-0.25, -0.2) is 8.42 Å². The lowest BCUT2D eigenvalue weighted by Gasteiger charge is -2.14. The number of alkyl halides is 4. The number of nitrogens with zero attached hydrogens (tertiary/aromatic N) is 1. The smallest absolute Gasteiger partial charge is 0.282 e. The molecular weight excluding hydrogens is 293 g/mol. The van der Waals surface area contributed by atoms with Gasteiger partial charge < -0.3 is 0 Å². The molecule has 1 rings (SSSR count). The molecule has 0 aliphatic rings. The van der Waals surface area contributed by atoms with E-state index in [2.05, 4.69) is 0 Å². The van der Waals surface area contributed by atoms with Gasteiger partial charge in [0.15, 0.2) is 0 Å². The Morgan fingerprint density at radius 3 is 2.44 bits per heavy atom. The van der Waals surface area contributed by atoms with E-state index < -0.39 is 32.7 Å². The lowest BCUT2D eigenvalue weighted by molar-refractivity contribution is -0.136. The predicted octanol–water partition coefficient (Wildman–Crippen LogP) is 2.52. The van der Waals surface area contributed by atoms with E-state index in [-0.39, 0.29) is 5.56 Å². The average Bonchev–Trinajstić information content (AvgIpc) is 2.27. The Morgan fingerprint density at radius 2 is 2.00 bits per heavy atom. The molecule has 1 N–H and O–H groups in total. The van der Waals surface area contributed by atoms with E-state index >= 15 is 0 Å². The van der Waals surface area contributed by atoms with Crippen LogP contribution in [-0.4, -0.2) is 13.6 Å². The van der Waals surface area contributed by atoms with Crippen molar-refractivity contribution in [3.05, 3.63) is 29.3 Å². The van der Waals surface area contributed by atoms with Gasteiger partial charge in [0, 0.05) is 0 Å². The van der Waals surface area contributed by atoms with Crippen LogP contribution in [0.15, 0.2) is 18.2 Å². The van der Waals surface area contributed by atoms with Gasteiger partial charge >= 0.3 is 6.18 Å². The van der Waals surface area contributed by atoms with Crippen molar-refractivity contribution < 1.29 is 21.6 Å². The SMILES string of the molecule is N#Cc1ccc(NS(=O)(=O)CCl)c(C(F)(F)F)c1. The van der Waals surface area contributed by atoms with Crippen LogP contribution in [0.25, 0.3) is 0 Å². The summed E-state index contributed by atoms with van der Waals surface area (Å²) in [5.41, 5.74) is -2.13. The van der Waals surface area contributed by atoms with Crippen LogP contribution in [0.3, 0.4) is 0 Å². The summed E-state index contributed by atoms with van der Waals surface area (Å²) in [5, 5.41) is 7.65. The van der Waals surface area contributed by atoms with Gasteiger partial charge in [-0.1, -0.05) is 0 Å². The van der Waals surface area contributed by atoms with Crippen LogP contribution in [0.5, 0.6) is 0 Å². The highest BCUT2D eigenvalue weighted by Crippen LogP contribution is 2.35. The van der Waals surface area contributed by atoms with Gasteiger partial charge in [0.1, 0.15) is 5.21 Å². The molecule has 98 valence electrons. The number of hydrogen-bond acceptors (Lipinski definition) is 3. The molecule has 18 heavy (non-hydrogen) atoms. The normalized spacial score (nSPS) is 11.9. The first-order chi connectivity index (χ1) is 8.19. The molecule has 0 unspecified atom stereocenters. The summed E-state index contributed by atoms with van der Waals surface area (Å²) >= 11 is 5.08. The lowest BCUT2D eigenvalue weighted by atomic mass is 10.1. The number of halogens is 4. The van der Waals surface area contributed by atoms with Crippen molar-refractivity contribution in [2.24, 2.45) is 0 Å². The van der Waals surface area contributed by atoms with Crippen LogP contribution >= 0.6 is 11.6 Å². The minimum atomic E-state index is -4.78. The third-order valence-corrected chi connectivity index (χ3v) is 3.54. The molecule has 0 saturated carbocycles. The van der Waals surface area contributed by atoms with Gasteiger partial charge in [-0.15, -0.1) is 11.6 Å². The van der Waals surface area contributed by atoms with Gasteiger partial charge in [-0.2, -0.15) is 18.4 Å². The fourth-order valence-corrected chi connectivity index (χ4v) is 1.86. The van der Waals surface area contributed by atoms with E-state index in [9.17, 15) is 21.6 Å². The fourth-order valence-electron chi connectivity index (χ4n) is 1.13. The number of sulfonamides is 1. The van der Waals surface area contributed by atoms with E-state index in [0.29, 0.717) is 6.07 Å². The third kappa shape index (κ3) is 3.51. The number of hydrogen-bond donors (Lipinski definition) is 1. The first-order valence-electron chi connectivity index (χ1n) is 4.37. The average molecular weight is 299 g/mol. The van der Waals surface area contributed by atoms with Crippen LogP contribution in [0, 0.1) is 11.3 Å². The van der Waals surface area contributed by atoms with Crippen LogP contribution in [0.2, 0.25) is 0 Å². The molecule has 0 radical (unpaired) electrons. The monoisotopic (exact) mass is 298 g/mol. The van der Waals surface area contributed by atoms with E-state index in [1.807, 2.05) is 0 Å². The van der Waals surface area contributed by atoms with Gasteiger partial charge in [0.05, 0.1) is 22.9 Å². The summed E-state index contributed by atoms with van der Waals surface area (Å²) in [5.74, 6) is 0. The summed E-state index contributed by atoms with van der Waals surface area (Å²) in [6.45, 7) is 0. The summed E-state index contributed by atoms with van der Waals surface area (Å²) in [6.07, 6.45) is -4.78. The number of rotatable bonds is 3. The van der Waals surface area contributed by atoms with Crippen LogP contribution < -0.4 is 4.72 Å². The van der Waals surface area contributed by atoms with Crippen LogP contribution in [-0.2, 0) is 16.2 Å². The Kier molecular flexibility index (Phi) is 4.09. The maximum atomic E-state index is 12.7. The first-order valence-corrected chi connectivity index (χ1v) is 6.56. The van der Waals surface area contributed by atoms with Gasteiger partial charge in [-0.05, 0) is 18.2 Å². The predicted molar refractivity (Wildman–Crippen MR) is 59.4 cm³/mol. The maximum Gasteiger partial charge on any atom is 0.418 e. The zero-order chi connectivity index (χ0) is 14.0. The Morgan fingerprint density at radius 1 is 1.39 bits per heavy atom. The molecule has 0 aromatic heterocycles. The molecule has 0 saturated heterocycles. The second-order valence-corrected chi connectivity index (χ2v) is 5.50. The topological polar surface area (TPSA) is 70.0 Å². The molecule has 0 aliphatic heterocycles. The van der Waals surface area contributed by atoms with Crippen molar-refractivity contribution in [1.29, 1.82) is 5.26 Å². The molecular formula is C9H6ClF3N2O2S. The highest BCUT2D eigenvalue weighted by molar-refractivity contribution is 7.93. The highest BCUT2D eigenvalue weighted by atomic mass is 35.5. The second kappa shape index (κ2) is 5.04. The van der Waals surface area contributed by atoms with Gasteiger partial charge in [0.2, 0.25) is 10.0 Å². The standard InChI is InChI=1S/C9H6ClF3N2O2S/c10-5-18(16,17)15-8-2-1-6(4-14)3-7(8)9(11,12)13/h1-3,15H,5H2. The molecule has 9 heteroatoms. The molecule has 0 spiro atoms. The van der Waals surface area contributed by atoms with Gasteiger partial charge in [-0.3, -0.25) is 4.72 Å². The van der Waals surface area contributed by atoms with Crippen molar-refractivity contribution >= 4 is 27.3 Å². The van der Waals surface area contributed by atoms with Crippen molar-refractivity contribution in [3.63, 3.8) is 0 Å². The molecule has 0 amide bonds. The van der Waals surface area contributed by atoms with Crippen molar-refractivity contribution in [2.45, 2.75) is 6.18 Å². The molecule has 1 aromatic rings. The number of benzene rings is 1. The largest absolute Gasteiger partial charge is 0.418 e. The molecule has 0 heterocycles. The van der Waals surface area contributed by atoms with Crippen molar-refractivity contribution in [2.75, 3.05) is 9.93 Å². The third-order valence-electron chi connectivity index (χ3n) is 1.86. The molecule has 0 fully saturated rings. The highest BCUT2D eigenvalue weighted by Gasteiger charge is 2.34. The molecule has 1 aromatic carbocycles. The molecule has 0 atom stereocenters. The zero-order valence-corrected chi connectivity index (χ0v) is 10.2. The van der Waals surface area contributed by atoms with E-state index in [0.717, 1.165) is 12.1 Å². The Balaban J connectivity index is 3.33. The maximum absolute atomic E-state index is 12.7. The Bertz CT molecular complexity index is 593. The van der Waals surface area contributed by atoms with E-state index in [1.54, 1.807) is 10.8 Å². The Hall–Kier alpha value is -1.46. The van der Waals surface area contributed by atoms with Crippen LogP contribution in [0.4, 0.5) is 18.9 Å². The number of nitrogens with one attached hydrogen (secondary N) is 1. The summed E-state index contributed by atoms with van der Waals surface area (Å²) in [7, 11) is -4.04. The lowest BCUT2D eigenvalue weighted by Crippen LogP contribution is -2.17. The number of nitriles is 1. The molecule has 0 aliphatic carbocycles.